The SMILES string of the molecule is CCn1nc(C)cc1C(=O)NCC(=O)Nc1ccc2c(c1)OCO2. The maximum atomic E-state index is 12.2. The maximum Gasteiger partial charge on any atom is 0.269 e. The van der Waals surface area contributed by atoms with E-state index in [4.69, 9.17) is 9.47 Å². The van der Waals surface area contributed by atoms with Gasteiger partial charge in [0.25, 0.3) is 5.91 Å². The van der Waals surface area contributed by atoms with Gasteiger partial charge in [0.15, 0.2) is 11.5 Å². The summed E-state index contributed by atoms with van der Waals surface area (Å²) in [6.07, 6.45) is 0. The van der Waals surface area contributed by atoms with Crippen molar-refractivity contribution in [3.05, 3.63) is 35.7 Å². The summed E-state index contributed by atoms with van der Waals surface area (Å²) in [4.78, 5) is 24.1. The first-order valence-corrected chi connectivity index (χ1v) is 7.59. The fourth-order valence-electron chi connectivity index (χ4n) is 2.40. The second kappa shape index (κ2) is 6.61. The lowest BCUT2D eigenvalue weighted by atomic mass is 10.2. The van der Waals surface area contributed by atoms with E-state index < -0.39 is 0 Å². The highest BCUT2D eigenvalue weighted by Crippen LogP contribution is 2.34. The topological polar surface area (TPSA) is 94.5 Å². The average molecular weight is 330 g/mol. The number of nitrogens with zero attached hydrogens (tertiary/aromatic N) is 2. The maximum absolute atomic E-state index is 12.2. The Morgan fingerprint density at radius 1 is 1.25 bits per heavy atom. The second-order valence-electron chi connectivity index (χ2n) is 5.29. The van der Waals surface area contributed by atoms with Crippen molar-refractivity contribution in [1.29, 1.82) is 0 Å². The molecule has 24 heavy (non-hydrogen) atoms. The van der Waals surface area contributed by atoms with Gasteiger partial charge < -0.3 is 20.1 Å². The van der Waals surface area contributed by atoms with Crippen molar-refractivity contribution in [2.24, 2.45) is 0 Å². The first-order chi connectivity index (χ1) is 11.6. The van der Waals surface area contributed by atoms with Crippen LogP contribution in [0.4, 0.5) is 5.69 Å². The molecular formula is C16H18N4O4. The van der Waals surface area contributed by atoms with Crippen LogP contribution in [-0.4, -0.2) is 34.9 Å². The molecule has 1 aromatic carbocycles. The highest BCUT2D eigenvalue weighted by molar-refractivity contribution is 5.98. The number of anilines is 1. The van der Waals surface area contributed by atoms with E-state index in [-0.39, 0.29) is 25.2 Å². The van der Waals surface area contributed by atoms with Crippen LogP contribution in [-0.2, 0) is 11.3 Å². The van der Waals surface area contributed by atoms with Gasteiger partial charge in [-0.25, -0.2) is 0 Å². The minimum atomic E-state index is -0.335. The van der Waals surface area contributed by atoms with Gasteiger partial charge in [-0.15, -0.1) is 0 Å². The van der Waals surface area contributed by atoms with E-state index in [1.165, 1.54) is 0 Å². The molecule has 0 bridgehead atoms. The average Bonchev–Trinajstić information content (AvgIpc) is 3.18. The van der Waals surface area contributed by atoms with E-state index >= 15 is 0 Å². The van der Waals surface area contributed by atoms with Crippen molar-refractivity contribution >= 4 is 17.5 Å². The Labute approximate surface area is 138 Å². The summed E-state index contributed by atoms with van der Waals surface area (Å²) >= 11 is 0. The molecule has 2 heterocycles. The van der Waals surface area contributed by atoms with E-state index in [9.17, 15) is 9.59 Å². The quantitative estimate of drug-likeness (QED) is 0.862. The summed E-state index contributed by atoms with van der Waals surface area (Å²) in [6, 6.07) is 6.80. The third kappa shape index (κ3) is 3.32. The molecule has 0 radical (unpaired) electrons. The van der Waals surface area contributed by atoms with Crippen molar-refractivity contribution in [3.8, 4) is 11.5 Å². The number of amides is 2. The van der Waals surface area contributed by atoms with Crippen LogP contribution in [0.25, 0.3) is 0 Å². The molecule has 0 atom stereocenters. The van der Waals surface area contributed by atoms with E-state index in [1.54, 1.807) is 28.9 Å². The molecule has 126 valence electrons. The van der Waals surface area contributed by atoms with Gasteiger partial charge in [-0.3, -0.25) is 14.3 Å². The monoisotopic (exact) mass is 330 g/mol. The van der Waals surface area contributed by atoms with Crippen LogP contribution < -0.4 is 20.1 Å². The number of carbonyl (C=O) groups excluding carboxylic acids is 2. The number of aromatic nitrogens is 2. The first kappa shape index (κ1) is 15.9. The number of aryl methyl sites for hydroxylation is 2. The van der Waals surface area contributed by atoms with E-state index in [0.29, 0.717) is 29.4 Å². The summed E-state index contributed by atoms with van der Waals surface area (Å²) in [5.41, 5.74) is 1.77. The molecular weight excluding hydrogens is 312 g/mol. The summed E-state index contributed by atoms with van der Waals surface area (Å²) in [7, 11) is 0. The molecule has 0 saturated carbocycles. The fourth-order valence-corrected chi connectivity index (χ4v) is 2.40. The third-order valence-corrected chi connectivity index (χ3v) is 3.50. The highest BCUT2D eigenvalue weighted by Gasteiger charge is 2.16. The minimum Gasteiger partial charge on any atom is -0.454 e. The molecule has 3 rings (SSSR count). The number of hydrogen-bond donors (Lipinski definition) is 2. The summed E-state index contributed by atoms with van der Waals surface area (Å²) in [5.74, 6) is 0.559. The van der Waals surface area contributed by atoms with Gasteiger partial charge in [0, 0.05) is 18.3 Å². The lowest BCUT2D eigenvalue weighted by Gasteiger charge is -2.08. The van der Waals surface area contributed by atoms with Gasteiger partial charge in [-0.05, 0) is 32.0 Å². The molecule has 1 aliphatic heterocycles. The Bertz CT molecular complexity index is 784. The number of rotatable bonds is 5. The molecule has 2 amide bonds. The van der Waals surface area contributed by atoms with Gasteiger partial charge in [-0.1, -0.05) is 0 Å². The van der Waals surface area contributed by atoms with Crippen LogP contribution in [0.15, 0.2) is 24.3 Å². The van der Waals surface area contributed by atoms with Crippen molar-refractivity contribution in [2.75, 3.05) is 18.7 Å². The fraction of sp³-hybridized carbons (Fsp3) is 0.312. The molecule has 2 N–H and O–H groups in total. The summed E-state index contributed by atoms with van der Waals surface area (Å²) < 4.78 is 12.1. The smallest absolute Gasteiger partial charge is 0.269 e. The largest absolute Gasteiger partial charge is 0.454 e. The van der Waals surface area contributed by atoms with Crippen LogP contribution in [0.3, 0.4) is 0 Å². The zero-order valence-electron chi connectivity index (χ0n) is 13.5. The Kier molecular flexibility index (Phi) is 4.37. The van der Waals surface area contributed by atoms with Crippen LogP contribution in [0.2, 0.25) is 0 Å². The van der Waals surface area contributed by atoms with Crippen molar-refractivity contribution in [2.45, 2.75) is 20.4 Å². The van der Waals surface area contributed by atoms with Crippen molar-refractivity contribution in [3.63, 3.8) is 0 Å². The normalized spacial score (nSPS) is 12.1. The number of nitrogens with one attached hydrogen (secondary N) is 2. The third-order valence-electron chi connectivity index (χ3n) is 3.50. The predicted octanol–water partition coefficient (Wildman–Crippen LogP) is 1.31. The van der Waals surface area contributed by atoms with Gasteiger partial charge in [0.05, 0.1) is 12.2 Å². The van der Waals surface area contributed by atoms with Crippen LogP contribution in [0, 0.1) is 6.92 Å². The highest BCUT2D eigenvalue weighted by atomic mass is 16.7. The Morgan fingerprint density at radius 2 is 2.04 bits per heavy atom. The molecule has 1 aromatic heterocycles. The number of ether oxygens (including phenoxy) is 2. The van der Waals surface area contributed by atoms with Gasteiger partial charge in [0.1, 0.15) is 5.69 Å². The Morgan fingerprint density at radius 3 is 2.83 bits per heavy atom. The van der Waals surface area contributed by atoms with Crippen LogP contribution in [0.1, 0.15) is 23.1 Å². The van der Waals surface area contributed by atoms with E-state index in [2.05, 4.69) is 15.7 Å². The predicted molar refractivity (Wildman–Crippen MR) is 86.2 cm³/mol. The molecule has 0 unspecified atom stereocenters. The second-order valence-corrected chi connectivity index (χ2v) is 5.29. The minimum absolute atomic E-state index is 0.138. The number of benzene rings is 1. The molecule has 1 aliphatic rings. The first-order valence-electron chi connectivity index (χ1n) is 7.59. The lowest BCUT2D eigenvalue weighted by Crippen LogP contribution is -2.34. The zero-order chi connectivity index (χ0) is 17.1. The number of fused-ring (bicyclic) bond motifs is 1. The molecule has 2 aromatic rings. The number of carbonyl (C=O) groups is 2. The number of hydrogen-bond acceptors (Lipinski definition) is 5. The Hall–Kier alpha value is -3.03. The molecule has 0 aliphatic carbocycles. The standard InChI is InChI=1S/C16H18N4O4/c1-3-20-12(6-10(2)19-20)16(22)17-8-15(21)18-11-4-5-13-14(7-11)24-9-23-13/h4-7H,3,8-9H2,1-2H3,(H,17,22)(H,18,21). The van der Waals surface area contributed by atoms with Crippen LogP contribution in [0.5, 0.6) is 11.5 Å². The van der Waals surface area contributed by atoms with Crippen LogP contribution >= 0.6 is 0 Å². The molecule has 0 spiro atoms. The summed E-state index contributed by atoms with van der Waals surface area (Å²) in [6.45, 7) is 4.33. The van der Waals surface area contributed by atoms with Gasteiger partial charge >= 0.3 is 0 Å². The molecule has 0 saturated heterocycles. The lowest BCUT2D eigenvalue weighted by molar-refractivity contribution is -0.115. The molecule has 8 heteroatoms. The van der Waals surface area contributed by atoms with E-state index in [1.807, 2.05) is 13.8 Å². The Balaban J connectivity index is 1.56. The summed E-state index contributed by atoms with van der Waals surface area (Å²) in [5, 5.41) is 9.50. The van der Waals surface area contributed by atoms with Crippen molar-refractivity contribution < 1.29 is 19.1 Å². The molecule has 8 nitrogen and oxygen atoms in total. The van der Waals surface area contributed by atoms with Gasteiger partial charge in [-0.2, -0.15) is 5.10 Å². The van der Waals surface area contributed by atoms with Gasteiger partial charge in [0.2, 0.25) is 12.7 Å². The zero-order valence-corrected chi connectivity index (χ0v) is 13.5. The van der Waals surface area contributed by atoms with E-state index in [0.717, 1.165) is 5.69 Å². The molecule has 0 fully saturated rings. The van der Waals surface area contributed by atoms with Crippen molar-refractivity contribution in [1.82, 2.24) is 15.1 Å².